The number of fused-ring (bicyclic) bond motifs is 1. The molecule has 0 aliphatic rings. The van der Waals surface area contributed by atoms with Crippen LogP contribution in [0.4, 0.5) is 5.69 Å². The van der Waals surface area contributed by atoms with Gasteiger partial charge >= 0.3 is 11.4 Å². The summed E-state index contributed by atoms with van der Waals surface area (Å²) in [5.74, 6) is 0.217. The zero-order chi connectivity index (χ0) is 10.8. The lowest BCUT2D eigenvalue weighted by molar-refractivity contribution is 0.459. The molecule has 15 heavy (non-hydrogen) atoms. The Bertz CT molecular complexity index is 527. The number of benzene rings is 2. The zero-order valence-corrected chi connectivity index (χ0v) is 8.53. The predicted octanol–water partition coefficient (Wildman–Crippen LogP) is 1.94. The Morgan fingerprint density at radius 1 is 1.20 bits per heavy atom. The third-order valence-corrected chi connectivity index (χ3v) is 2.36. The van der Waals surface area contributed by atoms with Gasteiger partial charge in [-0.05, 0) is 22.9 Å². The molecule has 0 saturated carbocycles. The van der Waals surface area contributed by atoms with E-state index in [0.29, 0.717) is 5.69 Å². The molecular formula is C10H9NO3S. The van der Waals surface area contributed by atoms with Gasteiger partial charge < -0.3 is 9.92 Å². The lowest BCUT2D eigenvalue weighted by Crippen LogP contribution is -2.00. The average Bonchev–Trinajstić information content (AvgIpc) is 2.18. The van der Waals surface area contributed by atoms with Crippen molar-refractivity contribution in [3.8, 4) is 5.75 Å². The Labute approximate surface area is 89.2 Å². The molecule has 0 fully saturated rings. The second kappa shape index (κ2) is 3.88. The van der Waals surface area contributed by atoms with Crippen molar-refractivity contribution >= 4 is 27.8 Å². The van der Waals surface area contributed by atoms with E-state index in [9.17, 15) is 4.21 Å². The highest BCUT2D eigenvalue weighted by atomic mass is 32.2. The van der Waals surface area contributed by atoms with E-state index in [2.05, 4.69) is 4.18 Å². The largest absolute Gasteiger partial charge is 0.396 e. The Balaban J connectivity index is 2.56. The van der Waals surface area contributed by atoms with Crippen LogP contribution in [0.3, 0.4) is 0 Å². The maximum atomic E-state index is 10.5. The fourth-order valence-electron chi connectivity index (χ4n) is 1.39. The normalized spacial score (nSPS) is 12.6. The molecule has 0 amide bonds. The molecule has 0 bridgehead atoms. The Hall–Kier alpha value is -1.59. The topological polar surface area (TPSA) is 72.5 Å². The van der Waals surface area contributed by atoms with Crippen molar-refractivity contribution in [2.45, 2.75) is 0 Å². The third kappa shape index (κ3) is 2.08. The molecule has 0 aliphatic heterocycles. The molecule has 4 nitrogen and oxygen atoms in total. The van der Waals surface area contributed by atoms with Crippen molar-refractivity contribution in [3.05, 3.63) is 36.4 Å². The number of hydrogen-bond donors (Lipinski definition) is 2. The molecule has 2 rings (SSSR count). The smallest absolute Gasteiger partial charge is 0.357 e. The van der Waals surface area contributed by atoms with Gasteiger partial charge in [-0.25, -0.2) is 0 Å². The molecule has 1 unspecified atom stereocenters. The van der Waals surface area contributed by atoms with Crippen LogP contribution in [-0.2, 0) is 11.4 Å². The second-order valence-corrected chi connectivity index (χ2v) is 3.64. The van der Waals surface area contributed by atoms with E-state index >= 15 is 0 Å². The molecule has 0 radical (unpaired) electrons. The first-order chi connectivity index (χ1) is 7.16. The van der Waals surface area contributed by atoms with Crippen LogP contribution < -0.4 is 9.92 Å². The first-order valence-corrected chi connectivity index (χ1v) is 5.27. The van der Waals surface area contributed by atoms with E-state index in [-0.39, 0.29) is 5.75 Å². The fourth-order valence-corrected chi connectivity index (χ4v) is 1.68. The standard InChI is InChI=1S/C10H9NO3S/c11-9-5-7-3-1-2-4-8(7)6-10(9)14-15(12)13/h1-6H,11H2,(H,12,13). The monoisotopic (exact) mass is 223 g/mol. The van der Waals surface area contributed by atoms with Crippen molar-refractivity contribution in [2.75, 3.05) is 5.73 Å². The number of nitrogens with two attached hydrogens (primary N) is 1. The average molecular weight is 223 g/mol. The summed E-state index contributed by atoms with van der Waals surface area (Å²) in [5, 5.41) is 1.87. The third-order valence-electron chi connectivity index (χ3n) is 2.04. The van der Waals surface area contributed by atoms with Gasteiger partial charge in [0, 0.05) is 0 Å². The van der Waals surface area contributed by atoms with E-state index in [1.54, 1.807) is 12.1 Å². The lowest BCUT2D eigenvalue weighted by Gasteiger charge is -2.06. The molecule has 3 N–H and O–H groups in total. The molecule has 1 atom stereocenters. The SMILES string of the molecule is Nc1cc2ccccc2cc1OS(=O)O. The molecule has 0 heterocycles. The van der Waals surface area contributed by atoms with Gasteiger partial charge in [0.05, 0.1) is 5.69 Å². The molecule has 78 valence electrons. The van der Waals surface area contributed by atoms with Crippen molar-refractivity contribution in [1.82, 2.24) is 0 Å². The number of hydrogen-bond acceptors (Lipinski definition) is 3. The molecular weight excluding hydrogens is 214 g/mol. The minimum Gasteiger partial charge on any atom is -0.396 e. The van der Waals surface area contributed by atoms with Crippen LogP contribution >= 0.6 is 0 Å². The Kier molecular flexibility index (Phi) is 2.57. The van der Waals surface area contributed by atoms with Crippen molar-refractivity contribution in [3.63, 3.8) is 0 Å². The summed E-state index contributed by atoms with van der Waals surface area (Å²) in [6, 6.07) is 10.9. The summed E-state index contributed by atoms with van der Waals surface area (Å²) >= 11 is -2.35. The van der Waals surface area contributed by atoms with E-state index in [1.165, 1.54) is 0 Å². The van der Waals surface area contributed by atoms with Crippen LogP contribution in [0.5, 0.6) is 5.75 Å². The van der Waals surface area contributed by atoms with Gasteiger partial charge in [0.25, 0.3) is 0 Å². The highest BCUT2D eigenvalue weighted by molar-refractivity contribution is 7.74. The minimum atomic E-state index is -2.35. The number of nitrogen functional groups attached to an aromatic ring is 1. The van der Waals surface area contributed by atoms with E-state index in [1.807, 2.05) is 24.3 Å². The molecule has 2 aromatic rings. The minimum absolute atomic E-state index is 0.217. The van der Waals surface area contributed by atoms with E-state index in [4.69, 9.17) is 10.3 Å². The van der Waals surface area contributed by atoms with Gasteiger partial charge in [-0.1, -0.05) is 24.3 Å². The van der Waals surface area contributed by atoms with Crippen LogP contribution in [-0.4, -0.2) is 8.76 Å². The van der Waals surface area contributed by atoms with Gasteiger partial charge in [0.1, 0.15) is 0 Å². The van der Waals surface area contributed by atoms with Crippen LogP contribution in [0, 0.1) is 0 Å². The quantitative estimate of drug-likeness (QED) is 0.602. The maximum absolute atomic E-state index is 10.5. The first-order valence-electron chi connectivity index (χ1n) is 4.24. The van der Waals surface area contributed by atoms with Crippen LogP contribution in [0.15, 0.2) is 36.4 Å². The van der Waals surface area contributed by atoms with E-state index < -0.39 is 11.4 Å². The van der Waals surface area contributed by atoms with Gasteiger partial charge in [-0.3, -0.25) is 4.55 Å². The summed E-state index contributed by atoms with van der Waals surface area (Å²) in [6.07, 6.45) is 0. The molecule has 0 spiro atoms. The van der Waals surface area contributed by atoms with Gasteiger partial charge in [0.2, 0.25) is 0 Å². The summed E-state index contributed by atoms with van der Waals surface area (Å²) in [7, 11) is 0. The van der Waals surface area contributed by atoms with E-state index in [0.717, 1.165) is 10.8 Å². The Morgan fingerprint density at radius 2 is 1.80 bits per heavy atom. The zero-order valence-electron chi connectivity index (χ0n) is 7.71. The summed E-state index contributed by atoms with van der Waals surface area (Å²) in [4.78, 5) is 0. The maximum Gasteiger partial charge on any atom is 0.357 e. The van der Waals surface area contributed by atoms with Gasteiger partial charge in [0.15, 0.2) is 5.75 Å². The first kappa shape index (κ1) is 9.95. The number of anilines is 1. The highest BCUT2D eigenvalue weighted by Gasteiger charge is 2.05. The summed E-state index contributed by atoms with van der Waals surface area (Å²) < 4.78 is 23.7. The van der Waals surface area contributed by atoms with Gasteiger partial charge in [-0.15, -0.1) is 0 Å². The van der Waals surface area contributed by atoms with Crippen molar-refractivity contribution in [1.29, 1.82) is 0 Å². The lowest BCUT2D eigenvalue weighted by atomic mass is 10.1. The highest BCUT2D eigenvalue weighted by Crippen LogP contribution is 2.28. The summed E-state index contributed by atoms with van der Waals surface area (Å²) in [6.45, 7) is 0. The second-order valence-electron chi connectivity index (χ2n) is 3.04. The molecule has 0 saturated heterocycles. The molecule has 5 heteroatoms. The van der Waals surface area contributed by atoms with Crippen molar-refractivity contribution in [2.24, 2.45) is 0 Å². The van der Waals surface area contributed by atoms with Crippen LogP contribution in [0.1, 0.15) is 0 Å². The van der Waals surface area contributed by atoms with Crippen molar-refractivity contribution < 1.29 is 12.9 Å². The molecule has 0 aliphatic carbocycles. The summed E-state index contributed by atoms with van der Waals surface area (Å²) in [5.41, 5.74) is 6.01. The fraction of sp³-hybridized carbons (Fsp3) is 0. The molecule has 0 aromatic heterocycles. The molecule has 2 aromatic carbocycles. The van der Waals surface area contributed by atoms with Gasteiger partial charge in [-0.2, -0.15) is 4.21 Å². The Morgan fingerprint density at radius 3 is 2.40 bits per heavy atom. The predicted molar refractivity (Wildman–Crippen MR) is 59.8 cm³/mol. The van der Waals surface area contributed by atoms with Crippen LogP contribution in [0.25, 0.3) is 10.8 Å². The number of rotatable bonds is 2. The van der Waals surface area contributed by atoms with Crippen LogP contribution in [0.2, 0.25) is 0 Å².